The van der Waals surface area contributed by atoms with E-state index in [0.29, 0.717) is 38.9 Å². The average molecular weight is 545 g/mol. The van der Waals surface area contributed by atoms with Crippen LogP contribution in [0.4, 0.5) is 0 Å². The van der Waals surface area contributed by atoms with Crippen LogP contribution in [-0.4, -0.2) is 86.3 Å². The fraction of sp³-hybridized carbons (Fsp3) is 0.750. The van der Waals surface area contributed by atoms with Crippen molar-refractivity contribution in [3.63, 3.8) is 0 Å². The SMILES string of the molecule is COCO[C@H](CC[C@H](C[C@H](CCOC(=O)C(C)(C)C)OCOC)OCOC)COCc1ccc(OC)cc1. The molecule has 0 aromatic heterocycles. The molecule has 3 atom stereocenters. The van der Waals surface area contributed by atoms with Crippen molar-refractivity contribution in [1.82, 2.24) is 0 Å². The Bertz CT molecular complexity index is 719. The van der Waals surface area contributed by atoms with Gasteiger partial charge in [0.05, 0.1) is 50.7 Å². The standard InChI is InChI=1S/C28H48O10/c1-28(2,3)27(29)35-15-14-25(37-20-31-5)16-24(36-19-30-4)12-13-26(38-21-32-6)18-34-17-22-8-10-23(33-7)11-9-22/h8-11,24-26H,12-21H2,1-7H3/t24-,25+,26-/m1/s1. The molecule has 0 bridgehead atoms. The number of carbonyl (C=O) groups excluding carboxylic acids is 1. The van der Waals surface area contributed by atoms with Gasteiger partial charge in [-0.15, -0.1) is 0 Å². The zero-order valence-corrected chi connectivity index (χ0v) is 24.2. The van der Waals surface area contributed by atoms with E-state index in [9.17, 15) is 4.79 Å². The Hall–Kier alpha value is -1.79. The molecule has 0 heterocycles. The van der Waals surface area contributed by atoms with Gasteiger partial charge in [-0.2, -0.15) is 0 Å². The van der Waals surface area contributed by atoms with Crippen molar-refractivity contribution in [2.24, 2.45) is 5.41 Å². The lowest BCUT2D eigenvalue weighted by Gasteiger charge is -2.26. The Balaban J connectivity index is 2.67. The number of methoxy groups -OCH3 is 4. The summed E-state index contributed by atoms with van der Waals surface area (Å²) in [6, 6.07) is 7.75. The Morgan fingerprint density at radius 2 is 1.29 bits per heavy atom. The number of rotatable bonds is 22. The number of carbonyl (C=O) groups is 1. The van der Waals surface area contributed by atoms with Crippen LogP contribution in [0, 0.1) is 5.41 Å². The second-order valence-electron chi connectivity index (χ2n) is 9.94. The Kier molecular flexibility index (Phi) is 18.2. The molecule has 0 unspecified atom stereocenters. The van der Waals surface area contributed by atoms with E-state index in [1.807, 2.05) is 45.0 Å². The minimum atomic E-state index is -0.556. The van der Waals surface area contributed by atoms with Crippen molar-refractivity contribution in [3.8, 4) is 5.75 Å². The van der Waals surface area contributed by atoms with Gasteiger partial charge in [0.2, 0.25) is 0 Å². The fourth-order valence-corrected chi connectivity index (χ4v) is 3.44. The molecule has 38 heavy (non-hydrogen) atoms. The van der Waals surface area contributed by atoms with Crippen molar-refractivity contribution in [2.45, 2.75) is 71.4 Å². The van der Waals surface area contributed by atoms with Gasteiger partial charge in [0.15, 0.2) is 0 Å². The summed E-state index contributed by atoms with van der Waals surface area (Å²) >= 11 is 0. The lowest BCUT2D eigenvalue weighted by molar-refractivity contribution is -0.155. The third-order valence-corrected chi connectivity index (χ3v) is 5.62. The maximum Gasteiger partial charge on any atom is 0.311 e. The van der Waals surface area contributed by atoms with Crippen molar-refractivity contribution in [2.75, 3.05) is 62.0 Å². The molecular weight excluding hydrogens is 496 g/mol. The van der Waals surface area contributed by atoms with E-state index in [2.05, 4.69) is 0 Å². The van der Waals surface area contributed by atoms with Crippen LogP contribution in [0.3, 0.4) is 0 Å². The van der Waals surface area contributed by atoms with E-state index in [0.717, 1.165) is 11.3 Å². The number of hydrogen-bond donors (Lipinski definition) is 0. The highest BCUT2D eigenvalue weighted by Gasteiger charge is 2.25. The van der Waals surface area contributed by atoms with Crippen LogP contribution in [0.2, 0.25) is 0 Å². The summed E-state index contributed by atoms with van der Waals surface area (Å²) in [5.74, 6) is 0.556. The zero-order chi connectivity index (χ0) is 28.2. The summed E-state index contributed by atoms with van der Waals surface area (Å²) in [6.45, 7) is 7.04. The molecule has 0 radical (unpaired) electrons. The smallest absolute Gasteiger partial charge is 0.311 e. The predicted molar refractivity (Wildman–Crippen MR) is 142 cm³/mol. The lowest BCUT2D eigenvalue weighted by atomic mass is 9.97. The minimum absolute atomic E-state index is 0.133. The van der Waals surface area contributed by atoms with Crippen molar-refractivity contribution in [1.29, 1.82) is 0 Å². The van der Waals surface area contributed by atoms with Crippen LogP contribution in [0.25, 0.3) is 0 Å². The first kappa shape index (κ1) is 34.2. The highest BCUT2D eigenvalue weighted by Crippen LogP contribution is 2.20. The molecule has 0 spiro atoms. The molecule has 0 N–H and O–H groups in total. The Morgan fingerprint density at radius 3 is 1.82 bits per heavy atom. The van der Waals surface area contributed by atoms with Gasteiger partial charge in [0, 0.05) is 34.2 Å². The summed E-state index contributed by atoms with van der Waals surface area (Å²) in [7, 11) is 6.38. The maximum atomic E-state index is 12.1. The highest BCUT2D eigenvalue weighted by molar-refractivity contribution is 5.75. The number of ether oxygens (including phenoxy) is 9. The van der Waals surface area contributed by atoms with Gasteiger partial charge < -0.3 is 42.6 Å². The molecule has 1 aromatic rings. The van der Waals surface area contributed by atoms with E-state index in [1.54, 1.807) is 28.4 Å². The summed E-state index contributed by atoms with van der Waals surface area (Å²) in [5, 5.41) is 0. The largest absolute Gasteiger partial charge is 0.497 e. The molecule has 0 aliphatic heterocycles. The van der Waals surface area contributed by atoms with Crippen molar-refractivity contribution >= 4 is 5.97 Å². The van der Waals surface area contributed by atoms with E-state index in [-0.39, 0.29) is 51.3 Å². The third-order valence-electron chi connectivity index (χ3n) is 5.62. The number of esters is 1. The van der Waals surface area contributed by atoms with Gasteiger partial charge in [-0.25, -0.2) is 0 Å². The van der Waals surface area contributed by atoms with Gasteiger partial charge in [0.1, 0.15) is 26.1 Å². The van der Waals surface area contributed by atoms with Crippen LogP contribution in [0.1, 0.15) is 52.0 Å². The first-order valence-electron chi connectivity index (χ1n) is 12.9. The first-order chi connectivity index (χ1) is 18.2. The van der Waals surface area contributed by atoms with Crippen LogP contribution in [-0.2, 0) is 49.3 Å². The maximum absolute atomic E-state index is 12.1. The van der Waals surface area contributed by atoms with E-state index in [1.165, 1.54) is 0 Å². The van der Waals surface area contributed by atoms with Crippen LogP contribution in [0.5, 0.6) is 5.75 Å². The lowest BCUT2D eigenvalue weighted by Crippen LogP contribution is -2.30. The van der Waals surface area contributed by atoms with Crippen LogP contribution < -0.4 is 4.74 Å². The summed E-state index contributed by atoms with van der Waals surface area (Å²) in [6.07, 6.45) is 1.86. The molecule has 0 saturated carbocycles. The molecular formula is C28H48O10. The number of hydrogen-bond acceptors (Lipinski definition) is 10. The van der Waals surface area contributed by atoms with Crippen LogP contribution in [0.15, 0.2) is 24.3 Å². The topological polar surface area (TPSA) is 100 Å². The molecule has 10 nitrogen and oxygen atoms in total. The second-order valence-corrected chi connectivity index (χ2v) is 9.94. The molecule has 1 rings (SSSR count). The molecule has 220 valence electrons. The predicted octanol–water partition coefficient (Wildman–Crippen LogP) is 4.33. The molecule has 0 saturated heterocycles. The Morgan fingerprint density at radius 1 is 0.763 bits per heavy atom. The van der Waals surface area contributed by atoms with Gasteiger partial charge in [-0.05, 0) is 51.3 Å². The third kappa shape index (κ3) is 15.6. The van der Waals surface area contributed by atoms with Crippen molar-refractivity contribution in [3.05, 3.63) is 29.8 Å². The molecule has 0 aliphatic carbocycles. The minimum Gasteiger partial charge on any atom is -0.497 e. The molecule has 10 heteroatoms. The van der Waals surface area contributed by atoms with E-state index < -0.39 is 5.41 Å². The molecule has 0 amide bonds. The molecule has 0 aliphatic rings. The van der Waals surface area contributed by atoms with E-state index >= 15 is 0 Å². The molecule has 0 fully saturated rings. The Labute approximate surface area is 228 Å². The summed E-state index contributed by atoms with van der Waals surface area (Å²) in [5.41, 5.74) is 0.488. The fourth-order valence-electron chi connectivity index (χ4n) is 3.44. The zero-order valence-electron chi connectivity index (χ0n) is 24.2. The first-order valence-corrected chi connectivity index (χ1v) is 12.9. The van der Waals surface area contributed by atoms with Crippen LogP contribution >= 0.6 is 0 Å². The number of benzene rings is 1. The normalized spacial score (nSPS) is 14.2. The summed E-state index contributed by atoms with van der Waals surface area (Å²) < 4.78 is 49.6. The monoisotopic (exact) mass is 544 g/mol. The van der Waals surface area contributed by atoms with E-state index in [4.69, 9.17) is 42.6 Å². The van der Waals surface area contributed by atoms with Gasteiger partial charge in [-0.3, -0.25) is 4.79 Å². The highest BCUT2D eigenvalue weighted by atomic mass is 16.7. The quantitative estimate of drug-likeness (QED) is 0.155. The second kappa shape index (κ2) is 20.2. The van der Waals surface area contributed by atoms with Crippen molar-refractivity contribution < 1.29 is 47.4 Å². The van der Waals surface area contributed by atoms with Gasteiger partial charge >= 0.3 is 5.97 Å². The van der Waals surface area contributed by atoms with Gasteiger partial charge in [-0.1, -0.05) is 12.1 Å². The average Bonchev–Trinajstić information content (AvgIpc) is 2.90. The van der Waals surface area contributed by atoms with Gasteiger partial charge in [0.25, 0.3) is 0 Å². The summed E-state index contributed by atoms with van der Waals surface area (Å²) in [4.78, 5) is 12.1. The molecule has 1 aromatic carbocycles.